The molecule has 26 heteroatoms. The zero-order valence-electron chi connectivity index (χ0n) is 69.4. The predicted molar refractivity (Wildman–Crippen MR) is 440 cm³/mol. The molecule has 6 aromatic rings. The summed E-state index contributed by atoms with van der Waals surface area (Å²) in [6.07, 6.45) is 12.5. The molecule has 0 bridgehead atoms. The van der Waals surface area contributed by atoms with Crippen molar-refractivity contribution in [3.8, 4) is 56.3 Å². The highest BCUT2D eigenvalue weighted by molar-refractivity contribution is 6.07. The molecule has 0 saturated carbocycles. The van der Waals surface area contributed by atoms with Crippen LogP contribution in [0.4, 0.5) is 19.2 Å². The van der Waals surface area contributed by atoms with Gasteiger partial charge in [0.2, 0.25) is 11.8 Å². The summed E-state index contributed by atoms with van der Waals surface area (Å²) >= 11 is 0. The van der Waals surface area contributed by atoms with Crippen molar-refractivity contribution in [2.24, 2.45) is 33.7 Å². The minimum absolute atomic E-state index is 0.0362. The number of fused-ring (bicyclic) bond motifs is 10. The first-order valence-corrected chi connectivity index (χ1v) is 41.6. The lowest BCUT2D eigenvalue weighted by molar-refractivity contribution is -0.136. The Balaban J connectivity index is 0.000000182. The van der Waals surface area contributed by atoms with Crippen LogP contribution in [-0.4, -0.2) is 185 Å². The lowest BCUT2D eigenvalue weighted by Gasteiger charge is -2.34. The number of carbonyl (C=O) groups excluding carboxylic acids is 6. The van der Waals surface area contributed by atoms with E-state index in [0.717, 1.165) is 142 Å². The summed E-state index contributed by atoms with van der Waals surface area (Å²) < 4.78 is 34.1. The molecule has 0 unspecified atom stereocenters. The lowest BCUT2D eigenvalue weighted by Crippen LogP contribution is -2.55. The van der Waals surface area contributed by atoms with Gasteiger partial charge in [0, 0.05) is 85.2 Å². The number of allylic oxidation sites excluding steroid dienone is 4. The Morgan fingerprint density at radius 2 is 0.931 bits per heavy atom. The number of aliphatic imine (C=N–C) groups is 2. The highest BCUT2D eigenvalue weighted by atomic mass is 16.6. The average molecular weight is 1590 g/mol. The van der Waals surface area contributed by atoms with Crippen LogP contribution >= 0.6 is 0 Å². The number of H-pyrrole nitrogens is 2. The van der Waals surface area contributed by atoms with E-state index in [9.17, 15) is 39.0 Å². The molecule has 8 aliphatic heterocycles. The van der Waals surface area contributed by atoms with Gasteiger partial charge in [-0.1, -0.05) is 52.0 Å². The monoisotopic (exact) mass is 1580 g/mol. The standard InChI is InChI=1S/2C45H56N6O7/c2*1-24(2)40(49-43(54)56-7)42(53)51-25(3)8-13-37(51)35-19-32-31-20-39-33(18-27(31)10-12-34(32)47-35)30-11-9-28(17-29(30)23-57-39)36-21-46-41(48-36)38-16-26(14-15-52)22-50(38)44(55)58-45(4,5)6/h2*9,11,17-18,20-21,24-26,37-38,40,52H,8,10,12-16,19,22-23H2,1-7H3,(H,46,48)(H,49,54)/t2*25-,26-,37-,38-,40-/m00/s1. The summed E-state index contributed by atoms with van der Waals surface area (Å²) in [5.41, 5.74) is 20.6. The number of ether oxygens (including phenoxy) is 6. The second-order valence-electron chi connectivity index (χ2n) is 35.7. The molecule has 6 amide bonds. The van der Waals surface area contributed by atoms with Gasteiger partial charge >= 0.3 is 24.4 Å². The zero-order chi connectivity index (χ0) is 82.1. The number of hydrogen-bond donors (Lipinski definition) is 6. The number of aliphatic hydroxyl groups excluding tert-OH is 2. The molecular weight excluding hydrogens is 1470 g/mol. The first-order valence-electron chi connectivity index (χ1n) is 41.6. The van der Waals surface area contributed by atoms with Crippen LogP contribution < -0.4 is 20.1 Å². The van der Waals surface area contributed by atoms with Crippen LogP contribution in [0.3, 0.4) is 0 Å². The number of methoxy groups -OCH3 is 2. The van der Waals surface area contributed by atoms with Crippen LogP contribution in [-0.2, 0) is 54.6 Å². The molecule has 2 aromatic heterocycles. The van der Waals surface area contributed by atoms with Gasteiger partial charge in [0.15, 0.2) is 0 Å². The van der Waals surface area contributed by atoms with Gasteiger partial charge in [-0.3, -0.25) is 29.4 Å². The minimum atomic E-state index is -0.681. The van der Waals surface area contributed by atoms with E-state index in [-0.39, 0.29) is 97.1 Å². The number of aromatic amines is 2. The molecule has 0 radical (unpaired) electrons. The number of carbonyl (C=O) groups is 6. The van der Waals surface area contributed by atoms with Gasteiger partial charge in [0.05, 0.1) is 62.2 Å². The van der Waals surface area contributed by atoms with Crippen LogP contribution in [0.15, 0.2) is 94.4 Å². The number of imidazole rings is 2. The molecule has 10 aliphatic rings. The van der Waals surface area contributed by atoms with Crippen LogP contribution in [0.25, 0.3) is 55.9 Å². The average Bonchev–Trinajstić information content (AvgIpc) is 1.42. The van der Waals surface area contributed by atoms with E-state index in [2.05, 4.69) is 95.1 Å². The van der Waals surface area contributed by atoms with Crippen molar-refractivity contribution >= 4 is 58.8 Å². The number of aromatic nitrogens is 4. The fourth-order valence-corrected chi connectivity index (χ4v) is 19.0. The van der Waals surface area contributed by atoms with Crippen LogP contribution in [0, 0.1) is 23.7 Å². The Hall–Kier alpha value is -10.3. The number of hydrogen-bond acceptors (Lipinski definition) is 18. The largest absolute Gasteiger partial charge is 0.488 e. The molecule has 4 fully saturated rings. The second kappa shape index (κ2) is 32.6. The third kappa shape index (κ3) is 16.2. The topological polar surface area (TPSA) is 317 Å². The number of aliphatic hydroxyl groups is 2. The van der Waals surface area contributed by atoms with E-state index >= 15 is 0 Å². The first kappa shape index (κ1) is 80.8. The zero-order valence-corrected chi connectivity index (χ0v) is 69.4. The van der Waals surface area contributed by atoms with Crippen molar-refractivity contribution in [3.05, 3.63) is 129 Å². The molecule has 116 heavy (non-hydrogen) atoms. The summed E-state index contributed by atoms with van der Waals surface area (Å²) in [6.45, 7) is 25.1. The summed E-state index contributed by atoms with van der Waals surface area (Å²) in [4.78, 5) is 113. The molecule has 26 nitrogen and oxygen atoms in total. The van der Waals surface area contributed by atoms with Gasteiger partial charge in [0.1, 0.15) is 59.6 Å². The Morgan fingerprint density at radius 1 is 0.526 bits per heavy atom. The SMILES string of the molecule is COC(=O)N[C@H](C(=O)N1[C@@H](C)CC[C@H]1C1=NC2=C(C1)c1cc3c(cc1CC2)-c1ccc(-c2cnc([C@@H]4C[C@H](CCO)CN4C(=O)OC(C)(C)C)[nH]2)cc1CO3)C(C)C.COC(=O)N[C@H](C(=O)N1[C@@H](C)CC[C@H]1C1=NC2=C(C1)c1cc3c(cc1CC2)-c1ccc(-c2cnc([C@@H]4C[C@H](CCO)CN4C(=O)OC(C)(C)C)[nH]2)cc1CO3)C(C)C. The van der Waals surface area contributed by atoms with Crippen LogP contribution in [0.1, 0.15) is 217 Å². The molecule has 6 N–H and O–H groups in total. The molecular formula is C90H112N12O14. The van der Waals surface area contributed by atoms with E-state index < -0.39 is 35.5 Å². The number of aryl methyl sites for hydroxylation is 2. The number of likely N-dealkylation sites (tertiary alicyclic amines) is 4. The number of nitrogens with one attached hydrogen (secondary N) is 4. The van der Waals surface area contributed by atoms with Crippen LogP contribution in [0.5, 0.6) is 11.5 Å². The normalized spacial score (nSPS) is 22.8. The van der Waals surface area contributed by atoms with Gasteiger partial charge in [0.25, 0.3) is 0 Å². The van der Waals surface area contributed by atoms with Crippen molar-refractivity contribution in [1.29, 1.82) is 0 Å². The predicted octanol–water partition coefficient (Wildman–Crippen LogP) is 15.2. The first-order chi connectivity index (χ1) is 55.4. The number of benzene rings is 4. The molecule has 2 aliphatic carbocycles. The van der Waals surface area contributed by atoms with E-state index in [1.807, 2.05) is 91.4 Å². The maximum atomic E-state index is 14.0. The summed E-state index contributed by atoms with van der Waals surface area (Å²) in [5, 5.41) is 24.8. The number of amides is 6. The van der Waals surface area contributed by atoms with Gasteiger partial charge in [-0.15, -0.1) is 0 Å². The van der Waals surface area contributed by atoms with Gasteiger partial charge in [-0.25, -0.2) is 29.1 Å². The van der Waals surface area contributed by atoms with E-state index in [4.69, 9.17) is 48.4 Å². The van der Waals surface area contributed by atoms with E-state index in [1.54, 1.807) is 9.80 Å². The van der Waals surface area contributed by atoms with E-state index in [0.29, 0.717) is 76.5 Å². The highest BCUT2D eigenvalue weighted by Crippen LogP contribution is 2.51. The number of nitrogens with zero attached hydrogens (tertiary/aromatic N) is 8. The molecule has 10 heterocycles. The highest BCUT2D eigenvalue weighted by Gasteiger charge is 2.47. The van der Waals surface area contributed by atoms with Gasteiger partial charge in [-0.05, 0) is 259 Å². The maximum absolute atomic E-state index is 14.0. The van der Waals surface area contributed by atoms with Crippen molar-refractivity contribution in [1.82, 2.24) is 50.2 Å². The van der Waals surface area contributed by atoms with Crippen molar-refractivity contribution < 1.29 is 67.4 Å². The number of rotatable bonds is 16. The summed E-state index contributed by atoms with van der Waals surface area (Å²) in [5.74, 6) is 3.05. The van der Waals surface area contributed by atoms with Crippen molar-refractivity contribution in [2.45, 2.75) is 246 Å². The third-order valence-electron chi connectivity index (χ3n) is 24.8. The lowest BCUT2D eigenvalue weighted by atomic mass is 9.83. The summed E-state index contributed by atoms with van der Waals surface area (Å²) in [7, 11) is 2.62. The minimum Gasteiger partial charge on any atom is -0.488 e. The molecule has 10 atom stereocenters. The van der Waals surface area contributed by atoms with Crippen molar-refractivity contribution in [2.75, 3.05) is 40.5 Å². The van der Waals surface area contributed by atoms with Crippen LogP contribution in [0.2, 0.25) is 0 Å². The Bertz CT molecular complexity index is 4670. The number of alkyl carbamates (subject to hydrolysis) is 2. The Labute approximate surface area is 678 Å². The Morgan fingerprint density at radius 3 is 1.30 bits per heavy atom. The smallest absolute Gasteiger partial charge is 0.410 e. The van der Waals surface area contributed by atoms with Gasteiger partial charge in [-0.2, -0.15) is 0 Å². The molecule has 616 valence electrons. The van der Waals surface area contributed by atoms with Crippen molar-refractivity contribution in [3.63, 3.8) is 0 Å². The molecule has 0 spiro atoms. The fraction of sp³-hybridized carbons (Fsp3) is 0.533. The fourth-order valence-electron chi connectivity index (χ4n) is 19.0. The Kier molecular flexibility index (Phi) is 22.7. The summed E-state index contributed by atoms with van der Waals surface area (Å²) in [6, 6.07) is 19.7. The van der Waals surface area contributed by atoms with Gasteiger partial charge < -0.3 is 69.0 Å². The van der Waals surface area contributed by atoms with E-state index in [1.165, 1.54) is 47.6 Å². The molecule has 16 rings (SSSR count). The molecule has 4 saturated heterocycles. The molecule has 4 aromatic carbocycles. The quantitative estimate of drug-likeness (QED) is 0.0491. The third-order valence-corrected chi connectivity index (χ3v) is 24.8. The second-order valence-corrected chi connectivity index (χ2v) is 35.7. The maximum Gasteiger partial charge on any atom is 0.410 e.